The Labute approximate surface area is 248 Å². The van der Waals surface area contributed by atoms with E-state index in [1.807, 2.05) is 32.0 Å². The molecular weight excluding hydrogens is 558 g/mol. The molecule has 0 aliphatic carbocycles. The summed E-state index contributed by atoms with van der Waals surface area (Å²) in [6, 6.07) is 19.4. The van der Waals surface area contributed by atoms with Crippen molar-refractivity contribution in [3.05, 3.63) is 82.8 Å². The predicted octanol–water partition coefficient (Wildman–Crippen LogP) is 5.35. The van der Waals surface area contributed by atoms with Crippen molar-refractivity contribution in [3.8, 4) is 17.2 Å². The average molecular weight is 590 g/mol. The molecule has 4 amide bonds. The van der Waals surface area contributed by atoms with Crippen molar-refractivity contribution in [2.75, 3.05) is 37.5 Å². The Morgan fingerprint density at radius 1 is 0.881 bits per heavy atom. The number of nitrogens with zero attached hydrogens (tertiary/aromatic N) is 1. The standard InChI is InChI=1S/C31H31N3O7S/c1-4-20-10-13-22(14-11-20)32-28(35)18-34-30(37)27(42-31(34)38)17-21-12-15-25(26(16-21)39-3)41-19-29(36)33-23-8-6-7-9-24(23)40-5-2/h6-17H,4-5,18-19H2,1-3H3,(H,32,35)(H,33,36)/b27-17+. The van der Waals surface area contributed by atoms with Crippen LogP contribution in [0, 0.1) is 0 Å². The molecule has 0 unspecified atom stereocenters. The lowest BCUT2D eigenvalue weighted by Gasteiger charge is -2.13. The fourth-order valence-corrected chi connectivity index (χ4v) is 4.87. The molecule has 3 aromatic rings. The van der Waals surface area contributed by atoms with Crippen LogP contribution >= 0.6 is 11.8 Å². The van der Waals surface area contributed by atoms with E-state index in [9.17, 15) is 19.2 Å². The van der Waals surface area contributed by atoms with Gasteiger partial charge in [-0.25, -0.2) is 0 Å². The first-order chi connectivity index (χ1) is 20.3. The van der Waals surface area contributed by atoms with Crippen molar-refractivity contribution in [2.24, 2.45) is 0 Å². The van der Waals surface area contributed by atoms with Crippen molar-refractivity contribution in [3.63, 3.8) is 0 Å². The van der Waals surface area contributed by atoms with E-state index in [1.165, 1.54) is 13.2 Å². The van der Waals surface area contributed by atoms with Gasteiger partial charge >= 0.3 is 0 Å². The minimum Gasteiger partial charge on any atom is -0.493 e. The fourth-order valence-electron chi connectivity index (χ4n) is 4.03. The van der Waals surface area contributed by atoms with Crippen LogP contribution in [0.5, 0.6) is 17.2 Å². The van der Waals surface area contributed by atoms with E-state index in [1.54, 1.807) is 48.5 Å². The molecule has 42 heavy (non-hydrogen) atoms. The van der Waals surface area contributed by atoms with Crippen molar-refractivity contribution >= 4 is 52.2 Å². The zero-order valence-electron chi connectivity index (χ0n) is 23.5. The summed E-state index contributed by atoms with van der Waals surface area (Å²) in [5.74, 6) is -0.217. The minimum atomic E-state index is -0.565. The Hall–Kier alpha value is -4.77. The van der Waals surface area contributed by atoms with E-state index < -0.39 is 23.6 Å². The summed E-state index contributed by atoms with van der Waals surface area (Å²) in [6.45, 7) is 3.68. The van der Waals surface area contributed by atoms with E-state index in [0.29, 0.717) is 40.8 Å². The first-order valence-electron chi connectivity index (χ1n) is 13.3. The molecule has 1 aliphatic heterocycles. The maximum Gasteiger partial charge on any atom is 0.294 e. The topological polar surface area (TPSA) is 123 Å². The lowest BCUT2D eigenvalue weighted by atomic mass is 10.1. The van der Waals surface area contributed by atoms with Gasteiger partial charge in [0.2, 0.25) is 5.91 Å². The zero-order chi connectivity index (χ0) is 30.1. The van der Waals surface area contributed by atoms with Crippen LogP contribution in [0.2, 0.25) is 0 Å². The third-order valence-corrected chi connectivity index (χ3v) is 7.03. The summed E-state index contributed by atoms with van der Waals surface area (Å²) in [7, 11) is 1.45. The average Bonchev–Trinajstić information content (AvgIpc) is 3.25. The van der Waals surface area contributed by atoms with Gasteiger partial charge in [-0.15, -0.1) is 0 Å². The SMILES string of the molecule is CCOc1ccccc1NC(=O)COc1ccc(/C=C2/SC(=O)N(CC(=O)Nc3ccc(CC)cc3)C2=O)cc1OC. The monoisotopic (exact) mass is 589 g/mol. The number of imide groups is 1. The second kappa shape index (κ2) is 14.2. The Bertz CT molecular complexity index is 1500. The third-order valence-electron chi connectivity index (χ3n) is 6.13. The molecule has 11 heteroatoms. The summed E-state index contributed by atoms with van der Waals surface area (Å²) in [5, 5.41) is 4.94. The van der Waals surface area contributed by atoms with Crippen LogP contribution in [0.15, 0.2) is 71.6 Å². The Morgan fingerprint density at radius 2 is 1.64 bits per heavy atom. The van der Waals surface area contributed by atoms with Crippen molar-refractivity contribution in [1.82, 2.24) is 4.90 Å². The molecule has 1 aliphatic rings. The maximum absolute atomic E-state index is 12.9. The van der Waals surface area contributed by atoms with Crippen LogP contribution < -0.4 is 24.8 Å². The second-order valence-corrected chi connectivity index (χ2v) is 10.0. The highest BCUT2D eigenvalue weighted by Gasteiger charge is 2.36. The van der Waals surface area contributed by atoms with E-state index >= 15 is 0 Å². The summed E-state index contributed by atoms with van der Waals surface area (Å²) in [5.41, 5.74) is 2.82. The molecule has 0 bridgehead atoms. The summed E-state index contributed by atoms with van der Waals surface area (Å²) < 4.78 is 16.6. The molecule has 0 spiro atoms. The first-order valence-corrected chi connectivity index (χ1v) is 14.1. The van der Waals surface area contributed by atoms with Gasteiger partial charge in [-0.3, -0.25) is 24.1 Å². The highest BCUT2D eigenvalue weighted by molar-refractivity contribution is 8.18. The predicted molar refractivity (Wildman–Crippen MR) is 162 cm³/mol. The van der Waals surface area contributed by atoms with Crippen LogP contribution in [0.25, 0.3) is 6.08 Å². The number of benzene rings is 3. The number of ether oxygens (including phenoxy) is 3. The number of aryl methyl sites for hydroxylation is 1. The first kappa shape index (κ1) is 30.2. The van der Waals surface area contributed by atoms with Crippen LogP contribution in [0.1, 0.15) is 25.0 Å². The van der Waals surface area contributed by atoms with Gasteiger partial charge in [0.1, 0.15) is 12.3 Å². The van der Waals surface area contributed by atoms with E-state index in [-0.39, 0.29) is 17.4 Å². The van der Waals surface area contributed by atoms with E-state index in [4.69, 9.17) is 14.2 Å². The van der Waals surface area contributed by atoms with Crippen molar-refractivity contribution in [1.29, 1.82) is 0 Å². The highest BCUT2D eigenvalue weighted by atomic mass is 32.2. The van der Waals surface area contributed by atoms with Gasteiger partial charge in [0.25, 0.3) is 17.1 Å². The molecule has 2 N–H and O–H groups in total. The molecule has 0 atom stereocenters. The molecule has 1 heterocycles. The number of anilines is 2. The van der Waals surface area contributed by atoms with Crippen molar-refractivity contribution in [2.45, 2.75) is 20.3 Å². The molecule has 1 fully saturated rings. The number of carbonyl (C=O) groups excluding carboxylic acids is 4. The van der Waals surface area contributed by atoms with Gasteiger partial charge in [0.05, 0.1) is 24.3 Å². The van der Waals surface area contributed by atoms with E-state index in [2.05, 4.69) is 10.6 Å². The lowest BCUT2D eigenvalue weighted by Crippen LogP contribution is -2.36. The van der Waals surface area contributed by atoms with Gasteiger partial charge in [-0.2, -0.15) is 0 Å². The Morgan fingerprint density at radius 3 is 2.36 bits per heavy atom. The quantitative estimate of drug-likeness (QED) is 0.271. The zero-order valence-corrected chi connectivity index (χ0v) is 24.3. The van der Waals surface area contributed by atoms with Gasteiger partial charge in [0.15, 0.2) is 18.1 Å². The number of hydrogen-bond acceptors (Lipinski definition) is 8. The molecule has 10 nitrogen and oxygen atoms in total. The largest absolute Gasteiger partial charge is 0.493 e. The summed E-state index contributed by atoms with van der Waals surface area (Å²) in [6.07, 6.45) is 2.41. The molecule has 3 aromatic carbocycles. The summed E-state index contributed by atoms with van der Waals surface area (Å²) in [4.78, 5) is 51.5. The molecule has 0 saturated carbocycles. The maximum atomic E-state index is 12.9. The van der Waals surface area contributed by atoms with Gasteiger partial charge in [-0.05, 0) is 78.7 Å². The van der Waals surface area contributed by atoms with Crippen LogP contribution in [-0.2, 0) is 20.8 Å². The van der Waals surface area contributed by atoms with Crippen LogP contribution in [0.4, 0.5) is 16.2 Å². The Balaban J connectivity index is 1.37. The molecule has 0 aromatic heterocycles. The minimum absolute atomic E-state index is 0.170. The lowest BCUT2D eigenvalue weighted by molar-refractivity contribution is -0.127. The number of para-hydroxylation sites is 2. The van der Waals surface area contributed by atoms with E-state index in [0.717, 1.165) is 28.6 Å². The van der Waals surface area contributed by atoms with Gasteiger partial charge in [-0.1, -0.05) is 37.3 Å². The molecule has 1 saturated heterocycles. The van der Waals surface area contributed by atoms with Gasteiger partial charge < -0.3 is 24.8 Å². The molecule has 4 rings (SSSR count). The molecule has 0 radical (unpaired) electrons. The van der Waals surface area contributed by atoms with Gasteiger partial charge in [0, 0.05) is 5.69 Å². The third kappa shape index (κ3) is 7.70. The Kier molecular flexibility index (Phi) is 10.2. The normalized spacial score (nSPS) is 13.7. The van der Waals surface area contributed by atoms with Crippen molar-refractivity contribution < 1.29 is 33.4 Å². The number of rotatable bonds is 12. The number of carbonyl (C=O) groups is 4. The van der Waals surface area contributed by atoms with Crippen LogP contribution in [0.3, 0.4) is 0 Å². The molecular formula is C31H31N3O7S. The highest BCUT2D eigenvalue weighted by Crippen LogP contribution is 2.34. The number of methoxy groups -OCH3 is 1. The summed E-state index contributed by atoms with van der Waals surface area (Å²) >= 11 is 0.750. The smallest absolute Gasteiger partial charge is 0.294 e. The number of thioether (sulfide) groups is 1. The number of amides is 4. The van der Waals surface area contributed by atoms with Crippen LogP contribution in [-0.4, -0.2) is 54.7 Å². The molecule has 218 valence electrons. The second-order valence-electron chi connectivity index (χ2n) is 9.04. The number of hydrogen-bond donors (Lipinski definition) is 2. The fraction of sp³-hybridized carbons (Fsp3) is 0.226. The number of nitrogens with one attached hydrogen (secondary N) is 2.